The summed E-state index contributed by atoms with van der Waals surface area (Å²) >= 11 is 0. The minimum Gasteiger partial charge on any atom is -0.497 e. The molecule has 5 heteroatoms. The molecule has 0 amide bonds. The minimum atomic E-state index is -0.224. The van der Waals surface area contributed by atoms with Crippen LogP contribution in [0.2, 0.25) is 0 Å². The van der Waals surface area contributed by atoms with Crippen molar-refractivity contribution >= 4 is 5.97 Å². The summed E-state index contributed by atoms with van der Waals surface area (Å²) in [5.41, 5.74) is 3.65. The summed E-state index contributed by atoms with van der Waals surface area (Å²) in [7, 11) is 1.63. The maximum atomic E-state index is 11.7. The van der Waals surface area contributed by atoms with Crippen LogP contribution < -0.4 is 4.74 Å². The Labute approximate surface area is 124 Å². The third-order valence-corrected chi connectivity index (χ3v) is 3.38. The van der Waals surface area contributed by atoms with Crippen LogP contribution in [0.25, 0.3) is 5.69 Å². The fraction of sp³-hybridized carbons (Fsp3) is 0.375. The van der Waals surface area contributed by atoms with E-state index in [2.05, 4.69) is 5.10 Å². The summed E-state index contributed by atoms with van der Waals surface area (Å²) < 4.78 is 12.0. The van der Waals surface area contributed by atoms with Gasteiger partial charge in [-0.2, -0.15) is 5.10 Å². The third kappa shape index (κ3) is 3.24. The molecule has 1 aromatic heterocycles. The van der Waals surface area contributed by atoms with Gasteiger partial charge >= 0.3 is 5.97 Å². The van der Waals surface area contributed by atoms with Crippen LogP contribution in [0.1, 0.15) is 23.9 Å². The number of aromatic nitrogens is 2. The second-order valence-corrected chi connectivity index (χ2v) is 4.74. The van der Waals surface area contributed by atoms with Gasteiger partial charge in [0.05, 0.1) is 31.5 Å². The maximum Gasteiger partial charge on any atom is 0.310 e. The number of benzene rings is 1. The van der Waals surface area contributed by atoms with Crippen LogP contribution in [0, 0.1) is 13.8 Å². The molecule has 21 heavy (non-hydrogen) atoms. The van der Waals surface area contributed by atoms with Gasteiger partial charge in [0.2, 0.25) is 0 Å². The SMILES string of the molecule is CCOC(=O)Cc1c(C)nn(-c2ccc(OC)cc2)c1C. The Balaban J connectivity index is 2.31. The Morgan fingerprint density at radius 2 is 1.90 bits per heavy atom. The van der Waals surface area contributed by atoms with Gasteiger partial charge < -0.3 is 9.47 Å². The van der Waals surface area contributed by atoms with Crippen LogP contribution in [0.4, 0.5) is 0 Å². The first-order valence-electron chi connectivity index (χ1n) is 6.92. The molecule has 2 aromatic rings. The van der Waals surface area contributed by atoms with Crippen LogP contribution in [-0.4, -0.2) is 29.5 Å². The van der Waals surface area contributed by atoms with Crippen LogP contribution in [0.5, 0.6) is 5.75 Å². The Morgan fingerprint density at radius 3 is 2.48 bits per heavy atom. The summed E-state index contributed by atoms with van der Waals surface area (Å²) in [6, 6.07) is 7.65. The lowest BCUT2D eigenvalue weighted by molar-refractivity contribution is -0.142. The first-order valence-corrected chi connectivity index (χ1v) is 6.92. The predicted molar refractivity (Wildman–Crippen MR) is 79.9 cm³/mol. The molecule has 0 unspecified atom stereocenters. The van der Waals surface area contributed by atoms with Gasteiger partial charge in [-0.05, 0) is 45.0 Å². The van der Waals surface area contributed by atoms with E-state index < -0.39 is 0 Å². The number of ether oxygens (including phenoxy) is 2. The van der Waals surface area contributed by atoms with Crippen molar-refractivity contribution in [2.45, 2.75) is 27.2 Å². The number of carbonyl (C=O) groups excluding carboxylic acids is 1. The fourth-order valence-corrected chi connectivity index (χ4v) is 2.26. The number of esters is 1. The lowest BCUT2D eigenvalue weighted by Gasteiger charge is -2.06. The van der Waals surface area contributed by atoms with E-state index in [4.69, 9.17) is 9.47 Å². The van der Waals surface area contributed by atoms with Crippen molar-refractivity contribution in [3.05, 3.63) is 41.2 Å². The molecule has 1 heterocycles. The van der Waals surface area contributed by atoms with Crippen LogP contribution >= 0.6 is 0 Å². The Morgan fingerprint density at radius 1 is 1.24 bits per heavy atom. The van der Waals surface area contributed by atoms with Crippen molar-refractivity contribution in [2.24, 2.45) is 0 Å². The number of carbonyl (C=O) groups is 1. The van der Waals surface area contributed by atoms with Gasteiger partial charge in [-0.3, -0.25) is 4.79 Å². The van der Waals surface area contributed by atoms with E-state index in [0.717, 1.165) is 28.4 Å². The van der Waals surface area contributed by atoms with Crippen molar-refractivity contribution in [2.75, 3.05) is 13.7 Å². The Bertz CT molecular complexity index is 630. The summed E-state index contributed by atoms with van der Waals surface area (Å²) in [6.45, 7) is 6.06. The molecule has 0 saturated heterocycles. The first kappa shape index (κ1) is 15.1. The second kappa shape index (κ2) is 6.43. The van der Waals surface area contributed by atoms with Gasteiger partial charge in [0.25, 0.3) is 0 Å². The minimum absolute atomic E-state index is 0.224. The third-order valence-electron chi connectivity index (χ3n) is 3.38. The van der Waals surface area contributed by atoms with Gasteiger partial charge in [-0.25, -0.2) is 4.68 Å². The lowest BCUT2D eigenvalue weighted by Crippen LogP contribution is -2.09. The number of hydrogen-bond acceptors (Lipinski definition) is 4. The molecule has 0 fully saturated rings. The predicted octanol–water partition coefficient (Wildman–Crippen LogP) is 2.60. The number of nitrogens with zero attached hydrogens (tertiary/aromatic N) is 2. The zero-order valence-corrected chi connectivity index (χ0v) is 12.8. The molecule has 0 aliphatic heterocycles. The molecule has 0 atom stereocenters. The van der Waals surface area contributed by atoms with Crippen molar-refractivity contribution in [3.8, 4) is 11.4 Å². The maximum absolute atomic E-state index is 11.7. The van der Waals surface area contributed by atoms with Gasteiger partial charge in [-0.1, -0.05) is 0 Å². The summed E-state index contributed by atoms with van der Waals surface area (Å²) in [4.78, 5) is 11.7. The highest BCUT2D eigenvalue weighted by Gasteiger charge is 2.16. The molecule has 5 nitrogen and oxygen atoms in total. The second-order valence-electron chi connectivity index (χ2n) is 4.74. The first-order chi connectivity index (χ1) is 10.1. The fourth-order valence-electron chi connectivity index (χ4n) is 2.26. The summed E-state index contributed by atoms with van der Waals surface area (Å²) in [5, 5.41) is 4.52. The summed E-state index contributed by atoms with van der Waals surface area (Å²) in [5.74, 6) is 0.574. The number of hydrogen-bond donors (Lipinski definition) is 0. The zero-order valence-electron chi connectivity index (χ0n) is 12.8. The molecule has 112 valence electrons. The van der Waals surface area contributed by atoms with Crippen molar-refractivity contribution in [3.63, 3.8) is 0 Å². The highest BCUT2D eigenvalue weighted by molar-refractivity contribution is 5.73. The van der Waals surface area contributed by atoms with Crippen molar-refractivity contribution < 1.29 is 14.3 Å². The molecular formula is C16H20N2O3. The lowest BCUT2D eigenvalue weighted by atomic mass is 10.1. The van der Waals surface area contributed by atoms with Crippen molar-refractivity contribution in [1.82, 2.24) is 9.78 Å². The smallest absolute Gasteiger partial charge is 0.310 e. The molecule has 0 spiro atoms. The van der Waals surface area contributed by atoms with E-state index in [1.165, 1.54) is 0 Å². The highest BCUT2D eigenvalue weighted by Crippen LogP contribution is 2.20. The average Bonchev–Trinajstić information content (AvgIpc) is 2.76. The van der Waals surface area contributed by atoms with Crippen LogP contribution in [0.15, 0.2) is 24.3 Å². The van der Waals surface area contributed by atoms with Crippen LogP contribution in [0.3, 0.4) is 0 Å². The zero-order chi connectivity index (χ0) is 15.4. The molecule has 1 aromatic carbocycles. The average molecular weight is 288 g/mol. The summed E-state index contributed by atoms with van der Waals surface area (Å²) in [6.07, 6.45) is 0.252. The molecule has 0 radical (unpaired) electrons. The van der Waals surface area contributed by atoms with Gasteiger partial charge in [0.15, 0.2) is 0 Å². The Kier molecular flexibility index (Phi) is 4.62. The quantitative estimate of drug-likeness (QED) is 0.794. The topological polar surface area (TPSA) is 53.3 Å². The van der Waals surface area contributed by atoms with E-state index in [1.54, 1.807) is 14.0 Å². The molecular weight excluding hydrogens is 268 g/mol. The number of rotatable bonds is 5. The van der Waals surface area contributed by atoms with Crippen LogP contribution in [-0.2, 0) is 16.0 Å². The van der Waals surface area contributed by atoms with Gasteiger partial charge in [0.1, 0.15) is 5.75 Å². The molecule has 0 aliphatic carbocycles. The largest absolute Gasteiger partial charge is 0.497 e. The molecule has 0 aliphatic rings. The highest BCUT2D eigenvalue weighted by atomic mass is 16.5. The van der Waals surface area contributed by atoms with E-state index in [1.807, 2.05) is 42.8 Å². The van der Waals surface area contributed by atoms with E-state index in [9.17, 15) is 4.79 Å². The standard InChI is InChI=1S/C16H20N2O3/c1-5-21-16(19)10-15-11(2)17-18(12(15)3)13-6-8-14(20-4)9-7-13/h6-9H,5,10H2,1-4H3. The number of methoxy groups -OCH3 is 1. The monoisotopic (exact) mass is 288 g/mol. The molecule has 0 saturated carbocycles. The number of aryl methyl sites for hydroxylation is 1. The van der Waals surface area contributed by atoms with Gasteiger partial charge in [-0.15, -0.1) is 0 Å². The van der Waals surface area contributed by atoms with Crippen molar-refractivity contribution in [1.29, 1.82) is 0 Å². The van der Waals surface area contributed by atoms with E-state index in [-0.39, 0.29) is 12.4 Å². The Hall–Kier alpha value is -2.30. The molecule has 0 N–H and O–H groups in total. The van der Waals surface area contributed by atoms with E-state index >= 15 is 0 Å². The molecule has 2 rings (SSSR count). The normalized spacial score (nSPS) is 10.5. The van der Waals surface area contributed by atoms with E-state index in [0.29, 0.717) is 6.61 Å². The van der Waals surface area contributed by atoms with Gasteiger partial charge in [0, 0.05) is 11.3 Å². The molecule has 0 bridgehead atoms.